The Kier molecular flexibility index (Phi) is 5.16. The van der Waals surface area contributed by atoms with E-state index in [4.69, 9.17) is 0 Å². The number of likely N-dealkylation sites (tertiary alicyclic amines) is 1. The number of urea groups is 1. The minimum atomic E-state index is -0.621. The van der Waals surface area contributed by atoms with Crippen LogP contribution in [0, 0.1) is 11.8 Å². The predicted octanol–water partition coefficient (Wildman–Crippen LogP) is 1.37. The van der Waals surface area contributed by atoms with Gasteiger partial charge in [0.05, 0.1) is 0 Å². The minimum Gasteiger partial charge on any atom is -0.322 e. The van der Waals surface area contributed by atoms with Gasteiger partial charge in [-0.1, -0.05) is 19.8 Å². The van der Waals surface area contributed by atoms with Crippen molar-refractivity contribution in [3.63, 3.8) is 0 Å². The molecule has 3 rings (SSSR count). The van der Waals surface area contributed by atoms with E-state index in [9.17, 15) is 9.59 Å². The summed E-state index contributed by atoms with van der Waals surface area (Å²) in [6.45, 7) is 6.43. The topological polar surface area (TPSA) is 55.9 Å². The molecular formula is C18H32N4O2. The van der Waals surface area contributed by atoms with Crippen LogP contribution in [0.2, 0.25) is 0 Å². The molecule has 1 aliphatic carbocycles. The lowest BCUT2D eigenvalue weighted by atomic mass is 9.63. The minimum absolute atomic E-state index is 0.0409. The summed E-state index contributed by atoms with van der Waals surface area (Å²) in [5.74, 6) is 0.574. The summed E-state index contributed by atoms with van der Waals surface area (Å²) in [7, 11) is 3.93. The number of imide groups is 1. The van der Waals surface area contributed by atoms with Gasteiger partial charge in [0.25, 0.3) is 5.91 Å². The Morgan fingerprint density at radius 2 is 1.83 bits per heavy atom. The maximum Gasteiger partial charge on any atom is 0.325 e. The van der Waals surface area contributed by atoms with E-state index in [0.29, 0.717) is 13.1 Å². The number of nitrogens with zero attached hydrogens (tertiary/aromatic N) is 3. The Labute approximate surface area is 145 Å². The molecule has 24 heavy (non-hydrogen) atoms. The Bertz CT molecular complexity index is 479. The maximum atomic E-state index is 13.2. The predicted molar refractivity (Wildman–Crippen MR) is 93.7 cm³/mol. The number of carbonyl (C=O) groups is 2. The molecule has 2 saturated heterocycles. The normalized spacial score (nSPS) is 33.6. The summed E-state index contributed by atoms with van der Waals surface area (Å²) in [4.78, 5) is 31.8. The number of nitrogens with one attached hydrogen (secondary N) is 1. The van der Waals surface area contributed by atoms with Gasteiger partial charge in [-0.05, 0) is 39.9 Å². The first-order valence-electron chi connectivity index (χ1n) is 9.50. The van der Waals surface area contributed by atoms with Crippen LogP contribution in [-0.2, 0) is 4.79 Å². The molecule has 6 heteroatoms. The van der Waals surface area contributed by atoms with E-state index in [1.807, 2.05) is 19.0 Å². The van der Waals surface area contributed by atoms with Crippen molar-refractivity contribution in [2.45, 2.75) is 44.6 Å². The highest BCUT2D eigenvalue weighted by atomic mass is 16.2. The molecule has 6 nitrogen and oxygen atoms in total. The maximum absolute atomic E-state index is 13.2. The molecule has 2 aliphatic heterocycles. The fourth-order valence-corrected chi connectivity index (χ4v) is 4.80. The fourth-order valence-electron chi connectivity index (χ4n) is 4.80. The molecule has 2 heterocycles. The van der Waals surface area contributed by atoms with E-state index in [1.165, 1.54) is 24.2 Å². The van der Waals surface area contributed by atoms with Gasteiger partial charge in [0.2, 0.25) is 0 Å². The van der Waals surface area contributed by atoms with Crippen LogP contribution in [0.25, 0.3) is 0 Å². The average molecular weight is 336 g/mol. The number of likely N-dealkylation sites (N-methyl/N-ethyl adjacent to an activating group) is 1. The SMILES string of the molecule is CCCCN1CC2CCCC(C1)C21NC(=O)N(CCN(C)C)C1=O. The highest BCUT2D eigenvalue weighted by Crippen LogP contribution is 2.46. The largest absolute Gasteiger partial charge is 0.325 e. The van der Waals surface area contributed by atoms with Crippen molar-refractivity contribution in [3.8, 4) is 0 Å². The van der Waals surface area contributed by atoms with Gasteiger partial charge in [-0.25, -0.2) is 4.79 Å². The lowest BCUT2D eigenvalue weighted by Crippen LogP contribution is -2.68. The summed E-state index contributed by atoms with van der Waals surface area (Å²) in [6, 6.07) is -0.180. The lowest BCUT2D eigenvalue weighted by Gasteiger charge is -2.52. The second-order valence-electron chi connectivity index (χ2n) is 8.00. The summed E-state index contributed by atoms with van der Waals surface area (Å²) < 4.78 is 0. The third kappa shape index (κ3) is 2.94. The van der Waals surface area contributed by atoms with Gasteiger partial charge < -0.3 is 15.1 Å². The van der Waals surface area contributed by atoms with Crippen molar-refractivity contribution in [1.82, 2.24) is 20.0 Å². The van der Waals surface area contributed by atoms with Crippen molar-refractivity contribution in [1.29, 1.82) is 0 Å². The zero-order valence-corrected chi connectivity index (χ0v) is 15.4. The first-order valence-corrected chi connectivity index (χ1v) is 9.50. The summed E-state index contributed by atoms with van der Waals surface area (Å²) in [6.07, 6.45) is 5.69. The van der Waals surface area contributed by atoms with E-state index in [2.05, 4.69) is 17.1 Å². The Balaban J connectivity index is 1.77. The van der Waals surface area contributed by atoms with Crippen molar-refractivity contribution < 1.29 is 9.59 Å². The summed E-state index contributed by atoms with van der Waals surface area (Å²) >= 11 is 0. The van der Waals surface area contributed by atoms with Crippen molar-refractivity contribution in [2.75, 3.05) is 46.8 Å². The Morgan fingerprint density at radius 3 is 2.42 bits per heavy atom. The molecule has 136 valence electrons. The van der Waals surface area contributed by atoms with Crippen LogP contribution in [0.4, 0.5) is 4.79 Å². The van der Waals surface area contributed by atoms with E-state index < -0.39 is 5.54 Å². The van der Waals surface area contributed by atoms with Gasteiger partial charge in [0.1, 0.15) is 5.54 Å². The van der Waals surface area contributed by atoms with E-state index in [0.717, 1.165) is 32.5 Å². The van der Waals surface area contributed by atoms with Gasteiger partial charge in [-0.3, -0.25) is 9.69 Å². The van der Waals surface area contributed by atoms with Gasteiger partial charge >= 0.3 is 6.03 Å². The molecule has 3 aliphatic rings. The zero-order valence-electron chi connectivity index (χ0n) is 15.4. The molecule has 0 aromatic heterocycles. The van der Waals surface area contributed by atoms with Gasteiger partial charge in [-0.2, -0.15) is 0 Å². The summed E-state index contributed by atoms with van der Waals surface area (Å²) in [5.41, 5.74) is -0.621. The van der Waals surface area contributed by atoms with E-state index in [1.54, 1.807) is 0 Å². The quantitative estimate of drug-likeness (QED) is 0.745. The molecule has 1 N–H and O–H groups in total. The van der Waals surface area contributed by atoms with Gasteiger partial charge in [-0.15, -0.1) is 0 Å². The lowest BCUT2D eigenvalue weighted by molar-refractivity contribution is -0.141. The number of carbonyl (C=O) groups excluding carboxylic acids is 2. The van der Waals surface area contributed by atoms with Crippen LogP contribution in [-0.4, -0.2) is 79.0 Å². The number of piperidine rings is 1. The van der Waals surface area contributed by atoms with Crippen molar-refractivity contribution in [2.24, 2.45) is 11.8 Å². The molecule has 2 unspecified atom stereocenters. The summed E-state index contributed by atoms with van der Waals surface area (Å²) in [5, 5.41) is 3.16. The Morgan fingerprint density at radius 1 is 1.17 bits per heavy atom. The number of amides is 3. The number of hydrogen-bond donors (Lipinski definition) is 1. The average Bonchev–Trinajstić information content (AvgIpc) is 2.75. The highest BCUT2D eigenvalue weighted by Gasteiger charge is 2.62. The molecule has 2 atom stereocenters. The van der Waals surface area contributed by atoms with Crippen LogP contribution in [0.3, 0.4) is 0 Å². The zero-order chi connectivity index (χ0) is 17.3. The first-order chi connectivity index (χ1) is 11.5. The van der Waals surface area contributed by atoms with Crippen molar-refractivity contribution >= 4 is 11.9 Å². The third-order valence-electron chi connectivity index (χ3n) is 6.11. The fraction of sp³-hybridized carbons (Fsp3) is 0.889. The first kappa shape index (κ1) is 17.7. The highest BCUT2D eigenvalue weighted by molar-refractivity contribution is 6.07. The van der Waals surface area contributed by atoms with Gasteiger partial charge in [0.15, 0.2) is 0 Å². The molecule has 1 spiro atoms. The van der Waals surface area contributed by atoms with Crippen LogP contribution in [0.1, 0.15) is 39.0 Å². The third-order valence-corrected chi connectivity index (χ3v) is 6.11. The van der Waals surface area contributed by atoms with Crippen LogP contribution >= 0.6 is 0 Å². The molecule has 3 fully saturated rings. The van der Waals surface area contributed by atoms with E-state index in [-0.39, 0.29) is 23.8 Å². The molecule has 0 aromatic carbocycles. The molecule has 0 aromatic rings. The Hall–Kier alpha value is -1.14. The van der Waals surface area contributed by atoms with Crippen LogP contribution in [0.15, 0.2) is 0 Å². The monoisotopic (exact) mass is 336 g/mol. The molecule has 1 saturated carbocycles. The van der Waals surface area contributed by atoms with Crippen LogP contribution in [0.5, 0.6) is 0 Å². The van der Waals surface area contributed by atoms with Crippen LogP contribution < -0.4 is 5.32 Å². The smallest absolute Gasteiger partial charge is 0.322 e. The molecule has 0 radical (unpaired) electrons. The standard InChI is InChI=1S/C18H32N4O2/c1-4-5-9-21-12-14-7-6-8-15(13-21)18(14)16(23)22(17(24)19-18)11-10-20(2)3/h14-15H,4-13H2,1-3H3,(H,19,24). The second-order valence-corrected chi connectivity index (χ2v) is 8.00. The van der Waals surface area contributed by atoms with Gasteiger partial charge in [0, 0.05) is 38.0 Å². The number of rotatable bonds is 6. The van der Waals surface area contributed by atoms with E-state index >= 15 is 0 Å². The molecule has 3 amide bonds. The molecule has 2 bridgehead atoms. The second kappa shape index (κ2) is 7.00. The molecular weight excluding hydrogens is 304 g/mol. The number of hydrogen-bond acceptors (Lipinski definition) is 4. The number of unbranched alkanes of at least 4 members (excludes halogenated alkanes) is 1. The van der Waals surface area contributed by atoms with Crippen molar-refractivity contribution in [3.05, 3.63) is 0 Å².